The molecular weight excluding hydrogens is 169 g/mol. The Balaban J connectivity index is 2.29. The van der Waals surface area contributed by atoms with E-state index < -0.39 is 5.72 Å². The van der Waals surface area contributed by atoms with E-state index in [-0.39, 0.29) is 5.82 Å². The lowest BCUT2D eigenvalue weighted by molar-refractivity contribution is 0.00243. The highest BCUT2D eigenvalue weighted by atomic mass is 19.1. The summed E-state index contributed by atoms with van der Waals surface area (Å²) in [6.07, 6.45) is 0. The monoisotopic (exact) mass is 181 g/mol. The maximum Gasteiger partial charge on any atom is 0.142 e. The van der Waals surface area contributed by atoms with Gasteiger partial charge in [-0.3, -0.25) is 5.32 Å². The molecule has 1 N–H and O–H groups in total. The minimum atomic E-state index is -0.437. The van der Waals surface area contributed by atoms with E-state index in [0.29, 0.717) is 6.61 Å². The van der Waals surface area contributed by atoms with Gasteiger partial charge in [-0.1, -0.05) is 12.1 Å². The molecule has 1 fully saturated rings. The first-order valence-corrected chi connectivity index (χ1v) is 4.36. The molecule has 2 nitrogen and oxygen atoms in total. The Hall–Kier alpha value is -0.930. The van der Waals surface area contributed by atoms with Gasteiger partial charge < -0.3 is 4.74 Å². The van der Waals surface area contributed by atoms with Crippen LogP contribution in [0, 0.1) is 5.82 Å². The second-order valence-electron chi connectivity index (χ2n) is 3.32. The summed E-state index contributed by atoms with van der Waals surface area (Å²) in [6, 6.07) is 6.38. The average Bonchev–Trinajstić information content (AvgIpc) is 2.54. The van der Waals surface area contributed by atoms with Crippen molar-refractivity contribution in [3.8, 4) is 0 Å². The van der Waals surface area contributed by atoms with E-state index in [9.17, 15) is 4.39 Å². The van der Waals surface area contributed by atoms with Gasteiger partial charge in [-0.15, -0.1) is 0 Å². The van der Waals surface area contributed by atoms with Gasteiger partial charge >= 0.3 is 0 Å². The fraction of sp³-hybridized carbons (Fsp3) is 0.400. The molecule has 3 heteroatoms. The highest BCUT2D eigenvalue weighted by Crippen LogP contribution is 2.25. The van der Waals surface area contributed by atoms with Crippen LogP contribution in [0.3, 0.4) is 0 Å². The second kappa shape index (κ2) is 3.09. The van der Waals surface area contributed by atoms with Gasteiger partial charge in [0.15, 0.2) is 0 Å². The van der Waals surface area contributed by atoms with Crippen molar-refractivity contribution < 1.29 is 9.13 Å². The van der Waals surface area contributed by atoms with E-state index in [2.05, 4.69) is 5.32 Å². The van der Waals surface area contributed by atoms with Crippen molar-refractivity contribution in [1.82, 2.24) is 5.32 Å². The number of halogens is 1. The summed E-state index contributed by atoms with van der Waals surface area (Å²) in [6.45, 7) is 3.50. The predicted octanol–water partition coefficient (Wildman–Crippen LogP) is 1.62. The summed E-state index contributed by atoms with van der Waals surface area (Å²) in [4.78, 5) is 0. The molecule has 13 heavy (non-hydrogen) atoms. The maximum atomic E-state index is 12.6. The fourth-order valence-corrected chi connectivity index (χ4v) is 1.55. The summed E-state index contributed by atoms with van der Waals surface area (Å²) in [5, 5.41) is 3.22. The molecule has 1 aliphatic heterocycles. The Morgan fingerprint density at radius 3 is 2.62 bits per heavy atom. The van der Waals surface area contributed by atoms with Crippen LogP contribution in [0.5, 0.6) is 0 Å². The number of hydrogen-bond donors (Lipinski definition) is 1. The molecule has 1 aliphatic rings. The highest BCUT2D eigenvalue weighted by molar-refractivity contribution is 5.22. The number of benzene rings is 1. The second-order valence-corrected chi connectivity index (χ2v) is 3.32. The van der Waals surface area contributed by atoms with Crippen molar-refractivity contribution in [3.05, 3.63) is 35.6 Å². The Labute approximate surface area is 76.7 Å². The van der Waals surface area contributed by atoms with E-state index in [1.807, 2.05) is 6.92 Å². The van der Waals surface area contributed by atoms with Crippen LogP contribution in [0.4, 0.5) is 4.39 Å². The SMILES string of the molecule is CC1(c2ccc(F)cc2)NCCO1. The minimum Gasteiger partial charge on any atom is -0.355 e. The molecule has 70 valence electrons. The van der Waals surface area contributed by atoms with Crippen molar-refractivity contribution in [2.45, 2.75) is 12.6 Å². The molecule has 0 saturated carbocycles. The molecule has 1 heterocycles. The van der Waals surface area contributed by atoms with Crippen LogP contribution in [0.2, 0.25) is 0 Å². The Kier molecular flexibility index (Phi) is 2.06. The van der Waals surface area contributed by atoms with Gasteiger partial charge in [0, 0.05) is 6.54 Å². The largest absolute Gasteiger partial charge is 0.355 e. The summed E-state index contributed by atoms with van der Waals surface area (Å²) in [7, 11) is 0. The molecule has 1 atom stereocenters. The van der Waals surface area contributed by atoms with Gasteiger partial charge in [0.1, 0.15) is 11.5 Å². The van der Waals surface area contributed by atoms with E-state index in [1.165, 1.54) is 12.1 Å². The molecule has 1 aromatic rings. The fourth-order valence-electron chi connectivity index (χ4n) is 1.55. The van der Waals surface area contributed by atoms with E-state index >= 15 is 0 Å². The van der Waals surface area contributed by atoms with Crippen molar-refractivity contribution in [3.63, 3.8) is 0 Å². The van der Waals surface area contributed by atoms with Crippen LogP contribution >= 0.6 is 0 Å². The third kappa shape index (κ3) is 1.57. The normalized spacial score (nSPS) is 27.8. The molecular formula is C10H12FNO. The molecule has 0 radical (unpaired) electrons. The first kappa shape index (κ1) is 8.66. The predicted molar refractivity (Wildman–Crippen MR) is 47.7 cm³/mol. The molecule has 0 spiro atoms. The highest BCUT2D eigenvalue weighted by Gasteiger charge is 2.30. The van der Waals surface area contributed by atoms with Crippen LogP contribution in [0.25, 0.3) is 0 Å². The van der Waals surface area contributed by atoms with Crippen LogP contribution < -0.4 is 5.32 Å². The molecule has 0 aliphatic carbocycles. The van der Waals surface area contributed by atoms with Crippen LogP contribution in [-0.2, 0) is 10.5 Å². The lowest BCUT2D eigenvalue weighted by Gasteiger charge is -2.23. The zero-order valence-corrected chi connectivity index (χ0v) is 7.51. The van der Waals surface area contributed by atoms with Gasteiger partial charge in [-0.25, -0.2) is 4.39 Å². The van der Waals surface area contributed by atoms with Gasteiger partial charge in [0.25, 0.3) is 0 Å². The van der Waals surface area contributed by atoms with Crippen LogP contribution in [0.1, 0.15) is 12.5 Å². The van der Waals surface area contributed by atoms with Gasteiger partial charge in [-0.2, -0.15) is 0 Å². The first-order chi connectivity index (χ1) is 6.21. The zero-order chi connectivity index (χ0) is 9.31. The van der Waals surface area contributed by atoms with Crippen molar-refractivity contribution in [2.24, 2.45) is 0 Å². The lowest BCUT2D eigenvalue weighted by Crippen LogP contribution is -2.34. The molecule has 2 rings (SSSR count). The van der Waals surface area contributed by atoms with E-state index in [4.69, 9.17) is 4.74 Å². The van der Waals surface area contributed by atoms with E-state index in [1.54, 1.807) is 12.1 Å². The van der Waals surface area contributed by atoms with Gasteiger partial charge in [0.05, 0.1) is 6.61 Å². The summed E-state index contributed by atoms with van der Waals surface area (Å²) in [5.41, 5.74) is 0.527. The Bertz CT molecular complexity index is 290. The molecule has 1 aromatic carbocycles. The maximum absolute atomic E-state index is 12.6. The van der Waals surface area contributed by atoms with Crippen molar-refractivity contribution in [1.29, 1.82) is 0 Å². The standard InChI is InChI=1S/C10H12FNO/c1-10(12-6-7-13-10)8-2-4-9(11)5-3-8/h2-5,12H,6-7H2,1H3. The van der Waals surface area contributed by atoms with E-state index in [0.717, 1.165) is 12.1 Å². The van der Waals surface area contributed by atoms with Gasteiger partial charge in [0.2, 0.25) is 0 Å². The number of ether oxygens (including phenoxy) is 1. The van der Waals surface area contributed by atoms with Crippen LogP contribution in [-0.4, -0.2) is 13.2 Å². The zero-order valence-electron chi connectivity index (χ0n) is 7.51. The average molecular weight is 181 g/mol. The number of hydrogen-bond acceptors (Lipinski definition) is 2. The minimum absolute atomic E-state index is 0.217. The Morgan fingerprint density at radius 1 is 1.38 bits per heavy atom. The first-order valence-electron chi connectivity index (χ1n) is 4.36. The van der Waals surface area contributed by atoms with Crippen molar-refractivity contribution in [2.75, 3.05) is 13.2 Å². The van der Waals surface area contributed by atoms with Gasteiger partial charge in [-0.05, 0) is 24.6 Å². The summed E-state index contributed by atoms with van der Waals surface area (Å²) < 4.78 is 18.2. The molecule has 0 aromatic heterocycles. The molecule has 1 unspecified atom stereocenters. The van der Waals surface area contributed by atoms with Crippen molar-refractivity contribution >= 4 is 0 Å². The third-order valence-corrected chi connectivity index (χ3v) is 2.35. The lowest BCUT2D eigenvalue weighted by atomic mass is 10.1. The summed E-state index contributed by atoms with van der Waals surface area (Å²) >= 11 is 0. The quantitative estimate of drug-likeness (QED) is 0.710. The topological polar surface area (TPSA) is 21.3 Å². The van der Waals surface area contributed by atoms with Crippen LogP contribution in [0.15, 0.2) is 24.3 Å². The molecule has 0 bridgehead atoms. The number of nitrogens with one attached hydrogen (secondary N) is 1. The smallest absolute Gasteiger partial charge is 0.142 e. The Morgan fingerprint density at radius 2 is 2.08 bits per heavy atom. The molecule has 0 amide bonds. The third-order valence-electron chi connectivity index (χ3n) is 2.35. The number of rotatable bonds is 1. The summed E-state index contributed by atoms with van der Waals surface area (Å²) in [5.74, 6) is -0.217. The molecule has 1 saturated heterocycles.